The van der Waals surface area contributed by atoms with Crippen molar-refractivity contribution in [2.24, 2.45) is 23.5 Å². The summed E-state index contributed by atoms with van der Waals surface area (Å²) in [7, 11) is 0. The Morgan fingerprint density at radius 2 is 1.63 bits per heavy atom. The van der Waals surface area contributed by atoms with Gasteiger partial charge in [0.1, 0.15) is 0 Å². The fourth-order valence-electron chi connectivity index (χ4n) is 4.12. The number of amides is 1. The molecule has 2 saturated carbocycles. The summed E-state index contributed by atoms with van der Waals surface area (Å²) >= 11 is 0. The first-order chi connectivity index (χ1) is 9.17. The molecule has 0 aromatic carbocycles. The van der Waals surface area contributed by atoms with Crippen molar-refractivity contribution in [1.82, 2.24) is 4.90 Å². The van der Waals surface area contributed by atoms with E-state index in [1.54, 1.807) is 0 Å². The fourth-order valence-corrected chi connectivity index (χ4v) is 4.12. The van der Waals surface area contributed by atoms with Crippen LogP contribution in [-0.2, 0) is 4.79 Å². The zero-order valence-corrected chi connectivity index (χ0v) is 12.6. The van der Waals surface area contributed by atoms with Gasteiger partial charge in [0.25, 0.3) is 0 Å². The van der Waals surface area contributed by atoms with Gasteiger partial charge in [0.15, 0.2) is 0 Å². The van der Waals surface area contributed by atoms with Gasteiger partial charge in [-0.25, -0.2) is 0 Å². The van der Waals surface area contributed by atoms with Crippen molar-refractivity contribution in [3.8, 4) is 0 Å². The summed E-state index contributed by atoms with van der Waals surface area (Å²) in [6, 6.07) is 0.364. The van der Waals surface area contributed by atoms with Crippen molar-refractivity contribution < 1.29 is 4.79 Å². The van der Waals surface area contributed by atoms with Gasteiger partial charge in [-0.1, -0.05) is 20.3 Å². The summed E-state index contributed by atoms with van der Waals surface area (Å²) in [6.45, 7) is 6.15. The van der Waals surface area contributed by atoms with E-state index in [2.05, 4.69) is 18.7 Å². The largest absolute Gasteiger partial charge is 0.342 e. The highest BCUT2D eigenvalue weighted by atomic mass is 16.2. The van der Waals surface area contributed by atoms with Crippen LogP contribution in [-0.4, -0.2) is 29.9 Å². The minimum absolute atomic E-state index is 0.258. The van der Waals surface area contributed by atoms with Gasteiger partial charge in [-0.2, -0.15) is 0 Å². The third-order valence-corrected chi connectivity index (χ3v) is 5.06. The van der Waals surface area contributed by atoms with Crippen molar-refractivity contribution in [2.45, 2.75) is 64.8 Å². The van der Waals surface area contributed by atoms with Crippen LogP contribution in [0, 0.1) is 17.8 Å². The summed E-state index contributed by atoms with van der Waals surface area (Å²) in [6.07, 6.45) is 8.00. The molecular weight excluding hydrogens is 236 g/mol. The maximum atomic E-state index is 12.7. The molecule has 0 heterocycles. The standard InChI is InChI=1S/C16H30N2O/c1-3-8-18(9-4-2)16(19)14-10-12-6-5-7-13(11-14)15(12)17/h12-15H,3-11,17H2,1-2H3. The second-order valence-corrected chi connectivity index (χ2v) is 6.52. The van der Waals surface area contributed by atoms with Gasteiger partial charge in [0, 0.05) is 25.0 Å². The Balaban J connectivity index is 1.99. The number of nitrogens with two attached hydrogens (primary N) is 1. The third-order valence-electron chi connectivity index (χ3n) is 5.06. The first-order valence-electron chi connectivity index (χ1n) is 8.21. The molecule has 2 unspecified atom stereocenters. The first-order valence-corrected chi connectivity index (χ1v) is 8.21. The zero-order valence-electron chi connectivity index (χ0n) is 12.6. The molecule has 2 atom stereocenters. The summed E-state index contributed by atoms with van der Waals surface area (Å²) in [5.74, 6) is 1.87. The molecule has 2 aliphatic carbocycles. The van der Waals surface area contributed by atoms with E-state index >= 15 is 0 Å². The predicted molar refractivity (Wildman–Crippen MR) is 78.7 cm³/mol. The van der Waals surface area contributed by atoms with Gasteiger partial charge in [0.05, 0.1) is 0 Å². The quantitative estimate of drug-likeness (QED) is 0.831. The SMILES string of the molecule is CCCN(CCC)C(=O)C1CC2CCCC(C1)C2N. The average Bonchev–Trinajstić information content (AvgIpc) is 2.37. The smallest absolute Gasteiger partial charge is 0.225 e. The molecule has 2 N–H and O–H groups in total. The van der Waals surface area contributed by atoms with Crippen LogP contribution in [0.2, 0.25) is 0 Å². The van der Waals surface area contributed by atoms with E-state index in [0.717, 1.165) is 38.8 Å². The van der Waals surface area contributed by atoms with Crippen LogP contribution in [0.25, 0.3) is 0 Å². The van der Waals surface area contributed by atoms with Gasteiger partial charge in [-0.05, 0) is 50.4 Å². The lowest BCUT2D eigenvalue weighted by Gasteiger charge is -2.44. The minimum Gasteiger partial charge on any atom is -0.342 e. The maximum absolute atomic E-state index is 12.7. The molecule has 2 aliphatic rings. The topological polar surface area (TPSA) is 46.3 Å². The Kier molecular flexibility index (Phi) is 5.26. The third kappa shape index (κ3) is 3.31. The molecular formula is C16H30N2O. The number of nitrogens with zero attached hydrogens (tertiary/aromatic N) is 1. The summed E-state index contributed by atoms with van der Waals surface area (Å²) in [5.41, 5.74) is 6.32. The van der Waals surface area contributed by atoms with Crippen molar-refractivity contribution in [3.05, 3.63) is 0 Å². The highest BCUT2D eigenvalue weighted by Crippen LogP contribution is 2.42. The second kappa shape index (κ2) is 6.74. The minimum atomic E-state index is 0.258. The molecule has 0 radical (unpaired) electrons. The lowest BCUT2D eigenvalue weighted by molar-refractivity contribution is -0.138. The van der Waals surface area contributed by atoms with Gasteiger partial charge in [-0.15, -0.1) is 0 Å². The highest BCUT2D eigenvalue weighted by molar-refractivity contribution is 5.79. The molecule has 2 rings (SSSR count). The molecule has 0 spiro atoms. The van der Waals surface area contributed by atoms with E-state index in [-0.39, 0.29) is 5.92 Å². The van der Waals surface area contributed by atoms with Gasteiger partial charge in [0.2, 0.25) is 5.91 Å². The van der Waals surface area contributed by atoms with Crippen molar-refractivity contribution in [1.29, 1.82) is 0 Å². The van der Waals surface area contributed by atoms with E-state index in [1.165, 1.54) is 19.3 Å². The Hall–Kier alpha value is -0.570. The molecule has 110 valence electrons. The first kappa shape index (κ1) is 14.8. The normalized spacial score (nSPS) is 34.1. The van der Waals surface area contributed by atoms with Crippen LogP contribution < -0.4 is 5.73 Å². The van der Waals surface area contributed by atoms with Crippen LogP contribution in [0.5, 0.6) is 0 Å². The van der Waals surface area contributed by atoms with E-state index < -0.39 is 0 Å². The number of fused-ring (bicyclic) bond motifs is 2. The van der Waals surface area contributed by atoms with E-state index in [0.29, 0.717) is 23.8 Å². The molecule has 0 saturated heterocycles. The number of carbonyl (C=O) groups is 1. The number of hydrogen-bond donors (Lipinski definition) is 1. The highest BCUT2D eigenvalue weighted by Gasteiger charge is 2.41. The van der Waals surface area contributed by atoms with Crippen LogP contribution in [0.3, 0.4) is 0 Å². The molecule has 3 nitrogen and oxygen atoms in total. The lowest BCUT2D eigenvalue weighted by Crippen LogP contribution is -2.50. The van der Waals surface area contributed by atoms with Crippen molar-refractivity contribution in [2.75, 3.05) is 13.1 Å². The molecule has 0 aromatic heterocycles. The molecule has 0 aliphatic heterocycles. The summed E-state index contributed by atoms with van der Waals surface area (Å²) in [5, 5.41) is 0. The van der Waals surface area contributed by atoms with Crippen LogP contribution in [0.1, 0.15) is 58.8 Å². The number of carbonyl (C=O) groups excluding carboxylic acids is 1. The molecule has 2 bridgehead atoms. The predicted octanol–water partition coefficient (Wildman–Crippen LogP) is 2.79. The molecule has 19 heavy (non-hydrogen) atoms. The Bertz CT molecular complexity index is 285. The number of hydrogen-bond acceptors (Lipinski definition) is 2. The van der Waals surface area contributed by atoms with Crippen LogP contribution in [0.4, 0.5) is 0 Å². The van der Waals surface area contributed by atoms with Gasteiger partial charge in [-0.3, -0.25) is 4.79 Å². The lowest BCUT2D eigenvalue weighted by atomic mass is 9.65. The summed E-state index contributed by atoms with van der Waals surface area (Å²) < 4.78 is 0. The fraction of sp³-hybridized carbons (Fsp3) is 0.938. The Morgan fingerprint density at radius 3 is 2.11 bits per heavy atom. The van der Waals surface area contributed by atoms with E-state index in [9.17, 15) is 4.79 Å². The molecule has 2 fully saturated rings. The number of rotatable bonds is 5. The average molecular weight is 266 g/mol. The second-order valence-electron chi connectivity index (χ2n) is 6.52. The van der Waals surface area contributed by atoms with Crippen LogP contribution in [0.15, 0.2) is 0 Å². The van der Waals surface area contributed by atoms with Gasteiger partial charge < -0.3 is 10.6 Å². The maximum Gasteiger partial charge on any atom is 0.225 e. The van der Waals surface area contributed by atoms with E-state index in [4.69, 9.17) is 5.73 Å². The van der Waals surface area contributed by atoms with Crippen molar-refractivity contribution >= 4 is 5.91 Å². The molecule has 1 amide bonds. The van der Waals surface area contributed by atoms with Crippen LogP contribution >= 0.6 is 0 Å². The van der Waals surface area contributed by atoms with Gasteiger partial charge >= 0.3 is 0 Å². The van der Waals surface area contributed by atoms with Crippen molar-refractivity contribution in [3.63, 3.8) is 0 Å². The summed E-state index contributed by atoms with van der Waals surface area (Å²) in [4.78, 5) is 14.8. The monoisotopic (exact) mass is 266 g/mol. The molecule has 0 aromatic rings. The van der Waals surface area contributed by atoms with E-state index in [1.807, 2.05) is 0 Å². The zero-order chi connectivity index (χ0) is 13.8. The Morgan fingerprint density at radius 1 is 1.11 bits per heavy atom. The Labute approximate surface area is 117 Å². The molecule has 3 heteroatoms.